The number of amides is 1. The number of carbonyl (C=O) groups is 1. The van der Waals surface area contributed by atoms with Gasteiger partial charge in [0.05, 0.1) is 23.6 Å². The molecule has 0 radical (unpaired) electrons. The van der Waals surface area contributed by atoms with Crippen molar-refractivity contribution in [2.75, 3.05) is 26.2 Å². The van der Waals surface area contributed by atoms with Gasteiger partial charge in [-0.15, -0.1) is 0 Å². The van der Waals surface area contributed by atoms with E-state index in [4.69, 9.17) is 16.3 Å². The molecular formula is C41H48ClF3N2O2. The minimum atomic E-state index is -4.54. The molecule has 1 amide bonds. The topological polar surface area (TPSA) is 41.6 Å². The van der Waals surface area contributed by atoms with Gasteiger partial charge in [-0.2, -0.15) is 13.2 Å². The van der Waals surface area contributed by atoms with E-state index >= 15 is 0 Å². The van der Waals surface area contributed by atoms with Gasteiger partial charge in [0, 0.05) is 32.1 Å². The molecule has 49 heavy (non-hydrogen) atoms. The first-order valence-electron chi connectivity index (χ1n) is 17.4. The Bertz CT molecular complexity index is 1510. The third-order valence-corrected chi connectivity index (χ3v) is 9.07. The van der Waals surface area contributed by atoms with Crippen LogP contribution in [0.4, 0.5) is 13.2 Å². The maximum Gasteiger partial charge on any atom is 0.417 e. The van der Waals surface area contributed by atoms with E-state index in [1.807, 2.05) is 60.7 Å². The van der Waals surface area contributed by atoms with E-state index in [0.29, 0.717) is 50.4 Å². The lowest BCUT2D eigenvalue weighted by molar-refractivity contribution is -0.137. The van der Waals surface area contributed by atoms with Crippen LogP contribution < -0.4 is 10.1 Å². The van der Waals surface area contributed by atoms with Crippen LogP contribution >= 0.6 is 11.6 Å². The van der Waals surface area contributed by atoms with Crippen LogP contribution in [0, 0.1) is 0 Å². The van der Waals surface area contributed by atoms with Gasteiger partial charge in [-0.3, -0.25) is 9.69 Å². The molecule has 1 N–H and O–H groups in total. The van der Waals surface area contributed by atoms with Crippen molar-refractivity contribution in [3.05, 3.63) is 136 Å². The minimum Gasteiger partial charge on any atom is -0.494 e. The molecule has 0 heterocycles. The summed E-state index contributed by atoms with van der Waals surface area (Å²) in [7, 11) is 0. The zero-order chi connectivity index (χ0) is 34.9. The third kappa shape index (κ3) is 12.9. The predicted octanol–water partition coefficient (Wildman–Crippen LogP) is 10.5. The maximum absolute atomic E-state index is 13.7. The van der Waals surface area contributed by atoms with Crippen LogP contribution in [0.3, 0.4) is 0 Å². The van der Waals surface area contributed by atoms with Crippen LogP contribution in [0.15, 0.2) is 103 Å². The summed E-state index contributed by atoms with van der Waals surface area (Å²) in [6.45, 7) is 4.70. The molecule has 4 rings (SSSR count). The Kier molecular flexibility index (Phi) is 15.5. The molecule has 0 atom stereocenters. The molecule has 4 aromatic carbocycles. The van der Waals surface area contributed by atoms with Gasteiger partial charge in [0.25, 0.3) is 0 Å². The van der Waals surface area contributed by atoms with Crippen LogP contribution in [0.25, 0.3) is 0 Å². The molecule has 0 aliphatic heterocycles. The molecule has 262 valence electrons. The molecule has 8 heteroatoms. The number of unbranched alkanes of at least 4 members (excludes halogenated alkanes) is 5. The van der Waals surface area contributed by atoms with E-state index in [9.17, 15) is 18.0 Å². The molecular weight excluding hydrogens is 645 g/mol. The quantitative estimate of drug-likeness (QED) is 0.0938. The molecule has 4 nitrogen and oxygen atoms in total. The highest BCUT2D eigenvalue weighted by molar-refractivity contribution is 6.32. The Morgan fingerprint density at radius 1 is 0.816 bits per heavy atom. The van der Waals surface area contributed by atoms with E-state index in [1.54, 1.807) is 6.07 Å². The van der Waals surface area contributed by atoms with E-state index < -0.39 is 11.7 Å². The van der Waals surface area contributed by atoms with Crippen molar-refractivity contribution >= 4 is 17.5 Å². The van der Waals surface area contributed by atoms with Crippen molar-refractivity contribution in [1.82, 2.24) is 10.2 Å². The largest absolute Gasteiger partial charge is 0.494 e. The summed E-state index contributed by atoms with van der Waals surface area (Å²) >= 11 is 6.36. The molecule has 0 unspecified atom stereocenters. The van der Waals surface area contributed by atoms with E-state index in [2.05, 4.69) is 41.4 Å². The summed E-state index contributed by atoms with van der Waals surface area (Å²) in [6.07, 6.45) is 3.46. The Labute approximate surface area is 294 Å². The number of hydrogen-bond acceptors (Lipinski definition) is 3. The summed E-state index contributed by atoms with van der Waals surface area (Å²) in [5, 5.41) is 2.76. The smallest absolute Gasteiger partial charge is 0.417 e. The summed E-state index contributed by atoms with van der Waals surface area (Å²) < 4.78 is 47.2. The van der Waals surface area contributed by atoms with Crippen molar-refractivity contribution in [3.63, 3.8) is 0 Å². The third-order valence-electron chi connectivity index (χ3n) is 8.63. The zero-order valence-electron chi connectivity index (χ0n) is 28.4. The lowest BCUT2D eigenvalue weighted by Gasteiger charge is -2.29. The summed E-state index contributed by atoms with van der Waals surface area (Å²) in [5.74, 6) is 0.679. The van der Waals surface area contributed by atoms with Crippen LogP contribution in [0.1, 0.15) is 85.6 Å². The first-order chi connectivity index (χ1) is 23.7. The molecule has 0 aliphatic rings. The second-order valence-corrected chi connectivity index (χ2v) is 12.9. The second-order valence-electron chi connectivity index (χ2n) is 12.5. The highest BCUT2D eigenvalue weighted by Crippen LogP contribution is 2.37. The van der Waals surface area contributed by atoms with Gasteiger partial charge in [-0.05, 0) is 53.3 Å². The average Bonchev–Trinajstić information content (AvgIpc) is 3.09. The molecule has 4 aromatic rings. The van der Waals surface area contributed by atoms with Crippen LogP contribution in [-0.2, 0) is 23.9 Å². The molecule has 0 spiro atoms. The number of halogens is 4. The Morgan fingerprint density at radius 2 is 1.47 bits per heavy atom. The number of ether oxygens (including phenoxy) is 1. The standard InChI is InChI=1S/C41H48ClF3N2O2/c1-2-3-4-5-6-13-25-46-39(48)29-32-17-14-23-36(28-32)49-27-16-26-47(30-35-22-15-24-38(40(35)42)41(43,44)45)31-37(33-18-9-7-10-19-33)34-20-11-8-12-21-34/h7-12,14-15,17-24,28,37H,2-6,13,16,25-27,29-31H2,1H3,(H,46,48). The number of benzene rings is 4. The van der Waals surface area contributed by atoms with Gasteiger partial charge in [-0.1, -0.05) is 136 Å². The summed E-state index contributed by atoms with van der Waals surface area (Å²) in [5.41, 5.74) is 2.73. The fourth-order valence-electron chi connectivity index (χ4n) is 6.03. The van der Waals surface area contributed by atoms with Crippen LogP contribution in [0.5, 0.6) is 5.75 Å². The lowest BCUT2D eigenvalue weighted by atomic mass is 9.90. The SMILES string of the molecule is CCCCCCCCNC(=O)Cc1cccc(OCCCN(Cc2cccc(C(F)(F)F)c2Cl)CC(c2ccccc2)c2ccccc2)c1. The van der Waals surface area contributed by atoms with Crippen LogP contribution in [-0.4, -0.2) is 37.0 Å². The number of alkyl halides is 3. The first kappa shape index (κ1) is 38.0. The number of hydrogen-bond donors (Lipinski definition) is 1. The number of nitrogens with zero attached hydrogens (tertiary/aromatic N) is 1. The highest BCUT2D eigenvalue weighted by Gasteiger charge is 2.34. The first-order valence-corrected chi connectivity index (χ1v) is 17.8. The highest BCUT2D eigenvalue weighted by atomic mass is 35.5. The second kappa shape index (κ2) is 20.0. The monoisotopic (exact) mass is 692 g/mol. The van der Waals surface area contributed by atoms with Crippen molar-refractivity contribution in [1.29, 1.82) is 0 Å². The van der Waals surface area contributed by atoms with Gasteiger partial charge in [0.1, 0.15) is 5.75 Å². The van der Waals surface area contributed by atoms with Crippen molar-refractivity contribution in [2.45, 2.75) is 76.9 Å². The Hall–Kier alpha value is -3.81. The maximum atomic E-state index is 13.7. The van der Waals surface area contributed by atoms with Gasteiger partial charge in [0.15, 0.2) is 0 Å². The van der Waals surface area contributed by atoms with Crippen LogP contribution in [0.2, 0.25) is 5.02 Å². The Balaban J connectivity index is 1.39. The minimum absolute atomic E-state index is 0.000916. The van der Waals surface area contributed by atoms with Crippen molar-refractivity contribution < 1.29 is 22.7 Å². The van der Waals surface area contributed by atoms with Gasteiger partial charge < -0.3 is 10.1 Å². The summed E-state index contributed by atoms with van der Waals surface area (Å²) in [4.78, 5) is 14.7. The van der Waals surface area contributed by atoms with Crippen molar-refractivity contribution in [3.8, 4) is 5.75 Å². The predicted molar refractivity (Wildman–Crippen MR) is 193 cm³/mol. The molecule has 0 saturated carbocycles. The molecule has 0 aromatic heterocycles. The van der Waals surface area contributed by atoms with Gasteiger partial charge in [0.2, 0.25) is 5.91 Å². The number of nitrogens with one attached hydrogen (secondary N) is 1. The summed E-state index contributed by atoms with van der Waals surface area (Å²) in [6, 6.07) is 32.0. The lowest BCUT2D eigenvalue weighted by Crippen LogP contribution is -2.31. The van der Waals surface area contributed by atoms with Gasteiger partial charge in [-0.25, -0.2) is 0 Å². The van der Waals surface area contributed by atoms with Crippen molar-refractivity contribution in [2.24, 2.45) is 0 Å². The van der Waals surface area contributed by atoms with E-state index in [1.165, 1.54) is 31.7 Å². The fraction of sp³-hybridized carbons (Fsp3) is 0.390. The molecule has 0 fully saturated rings. The fourth-order valence-corrected chi connectivity index (χ4v) is 6.33. The molecule has 0 aliphatic carbocycles. The molecule has 0 bridgehead atoms. The molecule has 0 saturated heterocycles. The normalized spacial score (nSPS) is 11.7. The van der Waals surface area contributed by atoms with E-state index in [0.717, 1.165) is 35.6 Å². The zero-order valence-corrected chi connectivity index (χ0v) is 29.1. The Morgan fingerprint density at radius 3 is 2.14 bits per heavy atom. The number of rotatable bonds is 20. The van der Waals surface area contributed by atoms with Gasteiger partial charge >= 0.3 is 6.18 Å². The van der Waals surface area contributed by atoms with E-state index in [-0.39, 0.29) is 23.4 Å². The number of carbonyl (C=O) groups excluding carboxylic acids is 1. The average molecular weight is 693 g/mol.